The summed E-state index contributed by atoms with van der Waals surface area (Å²) in [4.78, 5) is 11.8. The first-order chi connectivity index (χ1) is 7.75. The van der Waals surface area contributed by atoms with Gasteiger partial charge < -0.3 is 15.4 Å². The summed E-state index contributed by atoms with van der Waals surface area (Å²) in [5.74, 6) is 0.377. The number of hydrogen-bond acceptors (Lipinski definition) is 3. The molecule has 4 nitrogen and oxygen atoms in total. The second-order valence-corrected chi connectivity index (χ2v) is 4.97. The molecule has 0 aromatic carbocycles. The maximum absolute atomic E-state index is 11.8. The maximum Gasteiger partial charge on any atom is 0.224 e. The maximum atomic E-state index is 11.8. The summed E-state index contributed by atoms with van der Waals surface area (Å²) >= 11 is 0. The van der Waals surface area contributed by atoms with E-state index in [0.717, 1.165) is 45.4 Å². The minimum Gasteiger partial charge on any atom is -0.378 e. The molecule has 0 aliphatic carbocycles. The van der Waals surface area contributed by atoms with Gasteiger partial charge in [0.1, 0.15) is 0 Å². The molecule has 0 radical (unpaired) electrons. The summed E-state index contributed by atoms with van der Waals surface area (Å²) in [7, 11) is 0. The molecule has 0 aromatic rings. The minimum absolute atomic E-state index is 0.173. The van der Waals surface area contributed by atoms with Gasteiger partial charge in [-0.1, -0.05) is 0 Å². The Morgan fingerprint density at radius 1 is 1.56 bits per heavy atom. The van der Waals surface area contributed by atoms with Gasteiger partial charge in [-0.25, -0.2) is 0 Å². The molecule has 2 N–H and O–H groups in total. The molecule has 3 atom stereocenters. The predicted octanol–water partition coefficient (Wildman–Crippen LogP) is 0.670. The smallest absolute Gasteiger partial charge is 0.224 e. The summed E-state index contributed by atoms with van der Waals surface area (Å²) < 4.78 is 5.57. The zero-order valence-corrected chi connectivity index (χ0v) is 10.00. The highest BCUT2D eigenvalue weighted by molar-refractivity contribution is 5.79. The Morgan fingerprint density at radius 2 is 2.44 bits per heavy atom. The Bertz CT molecular complexity index is 233. The molecule has 2 saturated heterocycles. The molecule has 2 aliphatic rings. The van der Waals surface area contributed by atoms with Gasteiger partial charge in [-0.05, 0) is 39.2 Å². The lowest BCUT2D eigenvalue weighted by atomic mass is 10.1. The highest BCUT2D eigenvalue weighted by Gasteiger charge is 2.25. The van der Waals surface area contributed by atoms with Crippen molar-refractivity contribution in [2.24, 2.45) is 5.92 Å². The molecule has 0 spiro atoms. The number of ether oxygens (including phenoxy) is 1. The number of nitrogens with one attached hydrogen (secondary N) is 2. The average molecular weight is 226 g/mol. The molecule has 16 heavy (non-hydrogen) atoms. The van der Waals surface area contributed by atoms with Crippen LogP contribution >= 0.6 is 0 Å². The highest BCUT2D eigenvalue weighted by atomic mass is 16.5. The lowest BCUT2D eigenvalue weighted by molar-refractivity contribution is -0.125. The van der Waals surface area contributed by atoms with Gasteiger partial charge in [0, 0.05) is 19.2 Å². The summed E-state index contributed by atoms with van der Waals surface area (Å²) in [5, 5.41) is 6.30. The molecule has 3 unspecified atom stereocenters. The van der Waals surface area contributed by atoms with Crippen LogP contribution in [0, 0.1) is 5.92 Å². The fourth-order valence-corrected chi connectivity index (χ4v) is 2.52. The number of amides is 1. The van der Waals surface area contributed by atoms with Crippen molar-refractivity contribution >= 4 is 5.91 Å². The first kappa shape index (κ1) is 11.9. The van der Waals surface area contributed by atoms with Crippen LogP contribution in [-0.2, 0) is 9.53 Å². The van der Waals surface area contributed by atoms with Gasteiger partial charge in [-0.15, -0.1) is 0 Å². The quantitative estimate of drug-likeness (QED) is 0.741. The Labute approximate surface area is 97.1 Å². The molecule has 2 rings (SSSR count). The summed E-state index contributed by atoms with van der Waals surface area (Å²) in [5.41, 5.74) is 0. The SMILES string of the molecule is CC(CC1CCCO1)NC(=O)C1CCNC1. The van der Waals surface area contributed by atoms with Crippen molar-refractivity contribution in [2.45, 2.75) is 44.8 Å². The van der Waals surface area contributed by atoms with E-state index in [-0.39, 0.29) is 17.9 Å². The molecular formula is C12H22N2O2. The van der Waals surface area contributed by atoms with E-state index in [9.17, 15) is 4.79 Å². The Kier molecular flexibility index (Phi) is 4.18. The van der Waals surface area contributed by atoms with Crippen LogP contribution < -0.4 is 10.6 Å². The van der Waals surface area contributed by atoms with Gasteiger partial charge >= 0.3 is 0 Å². The van der Waals surface area contributed by atoms with Gasteiger partial charge in [-0.2, -0.15) is 0 Å². The third kappa shape index (κ3) is 3.19. The normalized spacial score (nSPS) is 31.6. The van der Waals surface area contributed by atoms with E-state index >= 15 is 0 Å². The van der Waals surface area contributed by atoms with Gasteiger partial charge in [-0.3, -0.25) is 4.79 Å². The van der Waals surface area contributed by atoms with E-state index in [1.165, 1.54) is 0 Å². The fourth-order valence-electron chi connectivity index (χ4n) is 2.52. The molecule has 2 aliphatic heterocycles. The van der Waals surface area contributed by atoms with Crippen molar-refractivity contribution in [1.82, 2.24) is 10.6 Å². The van der Waals surface area contributed by atoms with E-state index in [1.807, 2.05) is 0 Å². The van der Waals surface area contributed by atoms with Crippen molar-refractivity contribution < 1.29 is 9.53 Å². The number of rotatable bonds is 4. The van der Waals surface area contributed by atoms with E-state index in [2.05, 4.69) is 17.6 Å². The molecule has 2 fully saturated rings. The first-order valence-corrected chi connectivity index (χ1v) is 6.38. The van der Waals surface area contributed by atoms with Crippen LogP contribution in [0.25, 0.3) is 0 Å². The number of carbonyl (C=O) groups is 1. The van der Waals surface area contributed by atoms with E-state index < -0.39 is 0 Å². The van der Waals surface area contributed by atoms with Crippen LogP contribution in [0.1, 0.15) is 32.6 Å². The third-order valence-electron chi connectivity index (χ3n) is 3.46. The standard InChI is InChI=1S/C12H22N2O2/c1-9(7-11-3-2-6-16-11)14-12(15)10-4-5-13-8-10/h9-11,13H,2-8H2,1H3,(H,14,15). The van der Waals surface area contributed by atoms with E-state index in [4.69, 9.17) is 4.74 Å². The highest BCUT2D eigenvalue weighted by Crippen LogP contribution is 2.17. The largest absolute Gasteiger partial charge is 0.378 e. The van der Waals surface area contributed by atoms with E-state index in [1.54, 1.807) is 0 Å². The molecule has 0 saturated carbocycles. The topological polar surface area (TPSA) is 50.4 Å². The summed E-state index contributed by atoms with van der Waals surface area (Å²) in [6.45, 7) is 4.76. The Morgan fingerprint density at radius 3 is 3.06 bits per heavy atom. The van der Waals surface area contributed by atoms with Gasteiger partial charge in [0.25, 0.3) is 0 Å². The molecule has 2 heterocycles. The van der Waals surface area contributed by atoms with Crippen molar-refractivity contribution in [3.8, 4) is 0 Å². The minimum atomic E-state index is 0.173. The van der Waals surface area contributed by atoms with Crippen LogP contribution in [0.5, 0.6) is 0 Å². The Hall–Kier alpha value is -0.610. The van der Waals surface area contributed by atoms with Crippen molar-refractivity contribution in [2.75, 3.05) is 19.7 Å². The molecule has 4 heteroatoms. The van der Waals surface area contributed by atoms with Gasteiger partial charge in [0.15, 0.2) is 0 Å². The zero-order chi connectivity index (χ0) is 11.4. The van der Waals surface area contributed by atoms with Crippen molar-refractivity contribution in [3.63, 3.8) is 0 Å². The summed E-state index contributed by atoms with van der Waals surface area (Å²) in [6, 6.07) is 0.233. The Balaban J connectivity index is 1.68. The predicted molar refractivity (Wildman–Crippen MR) is 62.2 cm³/mol. The second kappa shape index (κ2) is 5.64. The molecule has 1 amide bonds. The zero-order valence-electron chi connectivity index (χ0n) is 10.00. The molecule has 0 bridgehead atoms. The molecular weight excluding hydrogens is 204 g/mol. The third-order valence-corrected chi connectivity index (χ3v) is 3.46. The molecule has 92 valence electrons. The monoisotopic (exact) mass is 226 g/mol. The van der Waals surface area contributed by atoms with Gasteiger partial charge in [0.05, 0.1) is 12.0 Å². The molecule has 0 aromatic heterocycles. The lowest BCUT2D eigenvalue weighted by Gasteiger charge is -2.19. The van der Waals surface area contributed by atoms with Crippen molar-refractivity contribution in [1.29, 1.82) is 0 Å². The second-order valence-electron chi connectivity index (χ2n) is 4.97. The van der Waals surface area contributed by atoms with Crippen LogP contribution in [-0.4, -0.2) is 37.7 Å². The average Bonchev–Trinajstić information content (AvgIpc) is 2.88. The van der Waals surface area contributed by atoms with Crippen LogP contribution in [0.4, 0.5) is 0 Å². The fraction of sp³-hybridized carbons (Fsp3) is 0.917. The first-order valence-electron chi connectivity index (χ1n) is 6.38. The number of carbonyl (C=O) groups excluding carboxylic acids is 1. The lowest BCUT2D eigenvalue weighted by Crippen LogP contribution is -2.39. The van der Waals surface area contributed by atoms with Crippen molar-refractivity contribution in [3.05, 3.63) is 0 Å². The van der Waals surface area contributed by atoms with Crippen LogP contribution in [0.3, 0.4) is 0 Å². The van der Waals surface area contributed by atoms with Crippen LogP contribution in [0.2, 0.25) is 0 Å². The summed E-state index contributed by atoms with van der Waals surface area (Å²) in [6.07, 6.45) is 4.59. The number of hydrogen-bond donors (Lipinski definition) is 2. The van der Waals surface area contributed by atoms with Crippen LogP contribution in [0.15, 0.2) is 0 Å². The van der Waals surface area contributed by atoms with E-state index in [0.29, 0.717) is 6.10 Å². The van der Waals surface area contributed by atoms with Gasteiger partial charge in [0.2, 0.25) is 5.91 Å².